The Morgan fingerprint density at radius 1 is 1.11 bits per heavy atom. The van der Waals surface area contributed by atoms with E-state index in [4.69, 9.17) is 0 Å². The SMILES string of the molecule is CNc1cncc(NC2CC2c2ccccc2)c1. The Labute approximate surface area is 107 Å². The van der Waals surface area contributed by atoms with Gasteiger partial charge in [0.1, 0.15) is 0 Å². The van der Waals surface area contributed by atoms with E-state index in [1.807, 2.05) is 19.4 Å². The third-order valence-corrected chi connectivity index (χ3v) is 3.40. The summed E-state index contributed by atoms with van der Waals surface area (Å²) in [6.07, 6.45) is 4.90. The van der Waals surface area contributed by atoms with E-state index in [-0.39, 0.29) is 0 Å². The lowest BCUT2D eigenvalue weighted by Gasteiger charge is -2.07. The first-order valence-corrected chi connectivity index (χ1v) is 6.31. The van der Waals surface area contributed by atoms with Crippen molar-refractivity contribution in [3.05, 3.63) is 54.4 Å². The Balaban J connectivity index is 1.65. The number of hydrogen-bond donors (Lipinski definition) is 2. The normalized spacial score (nSPS) is 21.4. The Hall–Kier alpha value is -2.03. The molecular formula is C15H17N3. The maximum Gasteiger partial charge on any atom is 0.0549 e. The zero-order valence-corrected chi connectivity index (χ0v) is 10.4. The van der Waals surface area contributed by atoms with Gasteiger partial charge in [0.15, 0.2) is 0 Å². The van der Waals surface area contributed by atoms with Crippen LogP contribution in [-0.4, -0.2) is 18.1 Å². The summed E-state index contributed by atoms with van der Waals surface area (Å²) in [4.78, 5) is 4.21. The summed E-state index contributed by atoms with van der Waals surface area (Å²) >= 11 is 0. The monoisotopic (exact) mass is 239 g/mol. The number of anilines is 2. The fourth-order valence-corrected chi connectivity index (χ4v) is 2.29. The van der Waals surface area contributed by atoms with Gasteiger partial charge in [0, 0.05) is 19.0 Å². The summed E-state index contributed by atoms with van der Waals surface area (Å²) in [7, 11) is 1.91. The zero-order valence-electron chi connectivity index (χ0n) is 10.4. The van der Waals surface area contributed by atoms with E-state index < -0.39 is 0 Å². The summed E-state index contributed by atoms with van der Waals surface area (Å²) in [5.74, 6) is 0.643. The molecule has 0 bridgehead atoms. The van der Waals surface area contributed by atoms with E-state index in [2.05, 4.69) is 52.0 Å². The number of benzene rings is 1. The third-order valence-electron chi connectivity index (χ3n) is 3.40. The van der Waals surface area contributed by atoms with Gasteiger partial charge in [-0.25, -0.2) is 0 Å². The molecule has 0 saturated heterocycles. The van der Waals surface area contributed by atoms with Gasteiger partial charge in [-0.05, 0) is 18.1 Å². The minimum atomic E-state index is 0.543. The van der Waals surface area contributed by atoms with Gasteiger partial charge >= 0.3 is 0 Å². The molecule has 1 aromatic carbocycles. The van der Waals surface area contributed by atoms with Crippen LogP contribution < -0.4 is 10.6 Å². The molecule has 1 saturated carbocycles. The van der Waals surface area contributed by atoms with Crippen LogP contribution in [0.25, 0.3) is 0 Å². The molecule has 18 heavy (non-hydrogen) atoms. The molecule has 1 aliphatic carbocycles. The molecular weight excluding hydrogens is 222 g/mol. The molecule has 0 aliphatic heterocycles. The van der Waals surface area contributed by atoms with Crippen molar-refractivity contribution < 1.29 is 0 Å². The largest absolute Gasteiger partial charge is 0.387 e. The maximum absolute atomic E-state index is 4.21. The van der Waals surface area contributed by atoms with Crippen LogP contribution >= 0.6 is 0 Å². The third kappa shape index (κ3) is 2.30. The van der Waals surface area contributed by atoms with Gasteiger partial charge in [-0.3, -0.25) is 4.98 Å². The number of hydrogen-bond acceptors (Lipinski definition) is 3. The van der Waals surface area contributed by atoms with Crippen LogP contribution in [-0.2, 0) is 0 Å². The fraction of sp³-hybridized carbons (Fsp3) is 0.267. The zero-order chi connectivity index (χ0) is 12.4. The molecule has 2 unspecified atom stereocenters. The lowest BCUT2D eigenvalue weighted by molar-refractivity contribution is 1.04. The highest BCUT2D eigenvalue weighted by molar-refractivity contribution is 5.55. The molecule has 2 aromatic rings. The second kappa shape index (κ2) is 4.69. The second-order valence-corrected chi connectivity index (χ2v) is 4.72. The standard InChI is InChI=1S/C15H17N3/c1-16-12-7-13(10-17-9-12)18-15-8-14(15)11-5-3-2-4-6-11/h2-7,9-10,14-16,18H,8H2,1H3. The summed E-state index contributed by atoms with van der Waals surface area (Å²) in [6.45, 7) is 0. The number of pyridine rings is 1. The van der Waals surface area contributed by atoms with Gasteiger partial charge in [-0.2, -0.15) is 0 Å². The van der Waals surface area contributed by atoms with Crippen LogP contribution in [0.1, 0.15) is 17.9 Å². The lowest BCUT2D eigenvalue weighted by Crippen LogP contribution is -2.04. The Bertz CT molecular complexity index is 524. The number of aromatic nitrogens is 1. The van der Waals surface area contributed by atoms with Gasteiger partial charge in [-0.1, -0.05) is 30.3 Å². The van der Waals surface area contributed by atoms with Crippen molar-refractivity contribution in [3.8, 4) is 0 Å². The second-order valence-electron chi connectivity index (χ2n) is 4.72. The predicted molar refractivity (Wildman–Crippen MR) is 75.0 cm³/mol. The average Bonchev–Trinajstić information content (AvgIpc) is 3.19. The van der Waals surface area contributed by atoms with Crippen molar-refractivity contribution in [1.29, 1.82) is 0 Å². The Morgan fingerprint density at radius 2 is 1.89 bits per heavy atom. The van der Waals surface area contributed by atoms with Crippen LogP contribution in [0.2, 0.25) is 0 Å². The molecule has 1 aliphatic rings. The van der Waals surface area contributed by atoms with E-state index in [0.717, 1.165) is 11.4 Å². The van der Waals surface area contributed by atoms with E-state index in [0.29, 0.717) is 12.0 Å². The predicted octanol–water partition coefficient (Wildman–Crippen LogP) is 3.09. The lowest BCUT2D eigenvalue weighted by atomic mass is 10.1. The highest BCUT2D eigenvalue weighted by Gasteiger charge is 2.38. The van der Waals surface area contributed by atoms with E-state index in [1.54, 1.807) is 0 Å². The van der Waals surface area contributed by atoms with Gasteiger partial charge < -0.3 is 10.6 Å². The first-order chi connectivity index (χ1) is 8.86. The highest BCUT2D eigenvalue weighted by Crippen LogP contribution is 2.42. The van der Waals surface area contributed by atoms with Crippen molar-refractivity contribution in [1.82, 2.24) is 4.98 Å². The van der Waals surface area contributed by atoms with Crippen molar-refractivity contribution in [2.75, 3.05) is 17.7 Å². The molecule has 2 N–H and O–H groups in total. The number of nitrogens with zero attached hydrogens (tertiary/aromatic N) is 1. The van der Waals surface area contributed by atoms with Gasteiger partial charge in [0.05, 0.1) is 23.8 Å². The molecule has 3 rings (SSSR count). The molecule has 1 aromatic heterocycles. The van der Waals surface area contributed by atoms with Gasteiger partial charge in [0.2, 0.25) is 0 Å². The van der Waals surface area contributed by atoms with Crippen molar-refractivity contribution >= 4 is 11.4 Å². The van der Waals surface area contributed by atoms with Crippen LogP contribution in [0, 0.1) is 0 Å². The van der Waals surface area contributed by atoms with E-state index >= 15 is 0 Å². The first-order valence-electron chi connectivity index (χ1n) is 6.31. The van der Waals surface area contributed by atoms with E-state index in [9.17, 15) is 0 Å². The van der Waals surface area contributed by atoms with Crippen LogP contribution in [0.5, 0.6) is 0 Å². The maximum atomic E-state index is 4.21. The topological polar surface area (TPSA) is 37.0 Å². The van der Waals surface area contributed by atoms with Crippen molar-refractivity contribution in [2.24, 2.45) is 0 Å². The molecule has 2 atom stereocenters. The molecule has 1 fully saturated rings. The smallest absolute Gasteiger partial charge is 0.0549 e. The summed E-state index contributed by atoms with van der Waals surface area (Å²) in [5, 5.41) is 6.64. The molecule has 3 nitrogen and oxygen atoms in total. The number of rotatable bonds is 4. The Kier molecular flexibility index (Phi) is 2.89. The number of nitrogens with one attached hydrogen (secondary N) is 2. The van der Waals surface area contributed by atoms with Crippen molar-refractivity contribution in [3.63, 3.8) is 0 Å². The molecule has 0 spiro atoms. The van der Waals surface area contributed by atoms with Crippen molar-refractivity contribution in [2.45, 2.75) is 18.4 Å². The molecule has 3 heteroatoms. The molecule has 0 radical (unpaired) electrons. The molecule has 0 amide bonds. The van der Waals surface area contributed by atoms with Gasteiger partial charge in [-0.15, -0.1) is 0 Å². The summed E-state index contributed by atoms with van der Waals surface area (Å²) < 4.78 is 0. The molecule has 92 valence electrons. The minimum Gasteiger partial charge on any atom is -0.387 e. The van der Waals surface area contributed by atoms with Crippen LogP contribution in [0.15, 0.2) is 48.8 Å². The minimum absolute atomic E-state index is 0.543. The average molecular weight is 239 g/mol. The molecule has 1 heterocycles. The Morgan fingerprint density at radius 3 is 2.67 bits per heavy atom. The van der Waals surface area contributed by atoms with Crippen LogP contribution in [0.4, 0.5) is 11.4 Å². The summed E-state index contributed by atoms with van der Waals surface area (Å²) in [6, 6.07) is 13.3. The van der Waals surface area contributed by atoms with Gasteiger partial charge in [0.25, 0.3) is 0 Å². The fourth-order valence-electron chi connectivity index (χ4n) is 2.29. The van der Waals surface area contributed by atoms with E-state index in [1.165, 1.54) is 12.0 Å². The van der Waals surface area contributed by atoms with Crippen LogP contribution in [0.3, 0.4) is 0 Å². The highest BCUT2D eigenvalue weighted by atomic mass is 15.0. The quantitative estimate of drug-likeness (QED) is 0.861. The first kappa shape index (κ1) is 11.1. The summed E-state index contributed by atoms with van der Waals surface area (Å²) in [5.41, 5.74) is 3.55.